The number of alkyl halides is 1. The largest absolute Gasteiger partial charge is 0.459 e. The number of fused-ring (bicyclic) bond motifs is 1. The Labute approximate surface area is 168 Å². The minimum atomic E-state index is -0.397. The van der Waals surface area contributed by atoms with Crippen molar-refractivity contribution in [2.24, 2.45) is 22.7 Å². The number of carbonyl (C=O) groups excluding carboxylic acids is 1. The third-order valence-corrected chi connectivity index (χ3v) is 9.18. The third kappa shape index (κ3) is 4.06. The summed E-state index contributed by atoms with van der Waals surface area (Å²) in [5.74, 6) is 0.776. The summed E-state index contributed by atoms with van der Waals surface area (Å²) in [6.45, 7) is 13.1. The maximum atomic E-state index is 11.9. The number of esters is 1. The molecule has 4 heteroatoms. The van der Waals surface area contributed by atoms with E-state index < -0.39 is 5.60 Å². The van der Waals surface area contributed by atoms with Crippen LogP contribution in [0.25, 0.3) is 0 Å². The van der Waals surface area contributed by atoms with Gasteiger partial charge in [-0.05, 0) is 69.1 Å². The van der Waals surface area contributed by atoms with Crippen molar-refractivity contribution in [3.63, 3.8) is 0 Å². The Morgan fingerprint density at radius 2 is 1.85 bits per heavy atom. The monoisotopic (exact) mass is 428 g/mol. The Hall–Kier alpha value is -0.350. The maximum Gasteiger partial charge on any atom is 0.303 e. The van der Waals surface area contributed by atoms with Crippen molar-refractivity contribution in [1.82, 2.24) is 0 Å². The molecule has 0 aliphatic heterocycles. The normalized spacial score (nSPS) is 40.0. The molecule has 3 nitrogen and oxygen atoms in total. The molecular weight excluding hydrogens is 392 g/mol. The van der Waals surface area contributed by atoms with Crippen LogP contribution in [0.5, 0.6) is 0 Å². The van der Waals surface area contributed by atoms with Crippen LogP contribution in [0.4, 0.5) is 0 Å². The molecule has 0 unspecified atom stereocenters. The highest BCUT2D eigenvalue weighted by molar-refractivity contribution is 9.09. The number of ether oxygens (including phenoxy) is 1. The first kappa shape index (κ1) is 21.9. The first-order valence-corrected chi connectivity index (χ1v) is 11.0. The van der Waals surface area contributed by atoms with Crippen LogP contribution < -0.4 is 0 Å². The maximum absolute atomic E-state index is 11.9. The van der Waals surface area contributed by atoms with Crippen molar-refractivity contribution in [2.45, 2.75) is 90.5 Å². The smallest absolute Gasteiger partial charge is 0.303 e. The van der Waals surface area contributed by atoms with Gasteiger partial charge in [0, 0.05) is 17.7 Å². The van der Waals surface area contributed by atoms with E-state index in [2.05, 4.69) is 50.5 Å². The van der Waals surface area contributed by atoms with Crippen molar-refractivity contribution in [2.75, 3.05) is 6.61 Å². The van der Waals surface area contributed by atoms with E-state index in [4.69, 9.17) is 4.74 Å². The molecule has 0 aromatic heterocycles. The lowest BCUT2D eigenvalue weighted by Crippen LogP contribution is -2.60. The van der Waals surface area contributed by atoms with Gasteiger partial charge in [-0.1, -0.05) is 48.4 Å². The minimum absolute atomic E-state index is 0.0932. The number of halogens is 1. The number of hydrogen-bond donors (Lipinski definition) is 1. The summed E-state index contributed by atoms with van der Waals surface area (Å²) in [4.78, 5) is 12.4. The molecule has 1 N–H and O–H groups in total. The second kappa shape index (κ2) is 7.95. The van der Waals surface area contributed by atoms with Gasteiger partial charge in [0.25, 0.3) is 0 Å². The molecule has 2 aliphatic rings. The number of aliphatic hydroxyl groups excluding tert-OH is 1. The number of carbonyl (C=O) groups is 1. The van der Waals surface area contributed by atoms with Gasteiger partial charge in [0.15, 0.2) is 0 Å². The molecular formula is C22H37BrO3. The zero-order chi connectivity index (χ0) is 19.8. The highest BCUT2D eigenvalue weighted by Gasteiger charge is 2.61. The van der Waals surface area contributed by atoms with E-state index in [-0.39, 0.29) is 23.4 Å². The predicted molar refractivity (Wildman–Crippen MR) is 110 cm³/mol. The second-order valence-corrected chi connectivity index (χ2v) is 10.8. The zero-order valence-corrected chi connectivity index (χ0v) is 19.0. The second-order valence-electron chi connectivity index (χ2n) is 9.66. The molecule has 2 rings (SSSR count). The fourth-order valence-electron chi connectivity index (χ4n) is 6.19. The average Bonchev–Trinajstić information content (AvgIpc) is 2.50. The molecule has 0 amide bonds. The fraction of sp³-hybridized carbons (Fsp3) is 0.864. The van der Waals surface area contributed by atoms with E-state index in [1.54, 1.807) is 0 Å². The Kier molecular flexibility index (Phi) is 6.71. The Bertz CT molecular complexity index is 556. The molecule has 5 atom stereocenters. The molecule has 0 aromatic rings. The van der Waals surface area contributed by atoms with E-state index in [1.807, 2.05) is 6.08 Å². The number of allylic oxidation sites excluding steroid dienone is 1. The standard InChI is InChI=1S/C22H37BrO3/c1-15(11-14-24)7-8-18-21(5)12-10-19(23)20(3,4)17(21)9-13-22(18,6)26-16(2)25/h11,17-19,24H,7-10,12-14H2,1-6H3/b15-11+/t17-,18+,19-,21-,22-/m1/s1. The summed E-state index contributed by atoms with van der Waals surface area (Å²) in [6, 6.07) is 0. The molecule has 0 radical (unpaired) electrons. The van der Waals surface area contributed by atoms with Gasteiger partial charge in [0.05, 0.1) is 6.61 Å². The molecule has 0 spiro atoms. The summed E-state index contributed by atoms with van der Waals surface area (Å²) < 4.78 is 5.97. The lowest BCUT2D eigenvalue weighted by molar-refractivity contribution is -0.198. The van der Waals surface area contributed by atoms with Crippen molar-refractivity contribution < 1.29 is 14.6 Å². The molecule has 0 aromatic carbocycles. The number of rotatable bonds is 5. The highest BCUT2D eigenvalue weighted by atomic mass is 79.9. The minimum Gasteiger partial charge on any atom is -0.459 e. The van der Waals surface area contributed by atoms with Gasteiger partial charge in [-0.25, -0.2) is 0 Å². The Morgan fingerprint density at radius 3 is 2.42 bits per heavy atom. The summed E-state index contributed by atoms with van der Waals surface area (Å²) in [5.41, 5.74) is 1.22. The summed E-state index contributed by atoms with van der Waals surface area (Å²) in [5, 5.41) is 9.18. The number of hydrogen-bond acceptors (Lipinski definition) is 3. The molecule has 0 heterocycles. The first-order chi connectivity index (χ1) is 12.0. The van der Waals surface area contributed by atoms with Crippen LogP contribution in [0.15, 0.2) is 11.6 Å². The van der Waals surface area contributed by atoms with Crippen LogP contribution >= 0.6 is 15.9 Å². The summed E-state index contributed by atoms with van der Waals surface area (Å²) in [6.07, 6.45) is 8.22. The molecule has 0 saturated heterocycles. The third-order valence-electron chi connectivity index (χ3n) is 7.54. The Balaban J connectivity index is 2.38. The van der Waals surface area contributed by atoms with Crippen molar-refractivity contribution in [1.29, 1.82) is 0 Å². The van der Waals surface area contributed by atoms with E-state index in [9.17, 15) is 9.90 Å². The predicted octanol–water partition coefficient (Wildman–Crippen LogP) is 5.64. The first-order valence-electron chi connectivity index (χ1n) is 10.1. The summed E-state index contributed by atoms with van der Waals surface area (Å²) >= 11 is 3.95. The zero-order valence-electron chi connectivity index (χ0n) is 17.4. The van der Waals surface area contributed by atoms with Gasteiger partial charge in [-0.3, -0.25) is 4.79 Å². The van der Waals surface area contributed by atoms with Crippen LogP contribution in [-0.2, 0) is 9.53 Å². The van der Waals surface area contributed by atoms with Gasteiger partial charge in [-0.15, -0.1) is 0 Å². The van der Waals surface area contributed by atoms with Crippen LogP contribution in [0, 0.1) is 22.7 Å². The average molecular weight is 429 g/mol. The van der Waals surface area contributed by atoms with E-state index >= 15 is 0 Å². The Morgan fingerprint density at radius 1 is 1.19 bits per heavy atom. The van der Waals surface area contributed by atoms with Gasteiger partial charge in [-0.2, -0.15) is 0 Å². The van der Waals surface area contributed by atoms with Gasteiger partial charge >= 0.3 is 5.97 Å². The van der Waals surface area contributed by atoms with E-state index in [0.29, 0.717) is 16.7 Å². The van der Waals surface area contributed by atoms with Crippen LogP contribution in [0.2, 0.25) is 0 Å². The van der Waals surface area contributed by atoms with E-state index in [0.717, 1.165) is 32.1 Å². The van der Waals surface area contributed by atoms with Crippen LogP contribution in [0.1, 0.15) is 80.1 Å². The summed E-state index contributed by atoms with van der Waals surface area (Å²) in [7, 11) is 0. The molecule has 2 aliphatic carbocycles. The van der Waals surface area contributed by atoms with Crippen molar-refractivity contribution >= 4 is 21.9 Å². The highest BCUT2D eigenvalue weighted by Crippen LogP contribution is 2.64. The van der Waals surface area contributed by atoms with Gasteiger partial charge in [0.1, 0.15) is 5.60 Å². The topological polar surface area (TPSA) is 46.5 Å². The lowest BCUT2D eigenvalue weighted by Gasteiger charge is -2.63. The van der Waals surface area contributed by atoms with Gasteiger partial charge < -0.3 is 9.84 Å². The molecule has 150 valence electrons. The fourth-order valence-corrected chi connectivity index (χ4v) is 6.74. The molecule has 2 fully saturated rings. The van der Waals surface area contributed by atoms with Crippen LogP contribution in [-0.4, -0.2) is 28.1 Å². The number of aliphatic hydroxyl groups is 1. The molecule has 26 heavy (non-hydrogen) atoms. The van der Waals surface area contributed by atoms with Crippen LogP contribution in [0.3, 0.4) is 0 Å². The van der Waals surface area contributed by atoms with Crippen molar-refractivity contribution in [3.8, 4) is 0 Å². The van der Waals surface area contributed by atoms with Crippen molar-refractivity contribution in [3.05, 3.63) is 11.6 Å². The van der Waals surface area contributed by atoms with Gasteiger partial charge in [0.2, 0.25) is 0 Å². The molecule has 0 bridgehead atoms. The van der Waals surface area contributed by atoms with E-state index in [1.165, 1.54) is 18.9 Å². The quantitative estimate of drug-likeness (QED) is 0.349. The SMILES string of the molecule is CC(=O)O[C@]1(C)CC[C@@H]2C(C)(C)[C@H](Br)CC[C@@]2(C)[C@@H]1CC/C(C)=C/CO. The lowest BCUT2D eigenvalue weighted by atomic mass is 9.45. The molecule has 2 saturated carbocycles.